The molecule has 9 heteroatoms. The van der Waals surface area contributed by atoms with E-state index in [1.54, 1.807) is 26.0 Å². The van der Waals surface area contributed by atoms with Crippen molar-refractivity contribution in [2.45, 2.75) is 24.8 Å². The Labute approximate surface area is 169 Å². The highest BCUT2D eigenvalue weighted by molar-refractivity contribution is 7.89. The number of carbonyl (C=O) groups is 1. The maximum absolute atomic E-state index is 13.6. The molecule has 2 aromatic carbocycles. The van der Waals surface area contributed by atoms with Gasteiger partial charge in [0.15, 0.2) is 11.6 Å². The molecule has 28 heavy (non-hydrogen) atoms. The average molecular weight is 429 g/mol. The van der Waals surface area contributed by atoms with E-state index in [0.29, 0.717) is 0 Å². The van der Waals surface area contributed by atoms with Crippen LogP contribution in [-0.2, 0) is 10.0 Å². The normalized spacial score (nSPS) is 11.5. The summed E-state index contributed by atoms with van der Waals surface area (Å²) in [7, 11) is -2.24. The fraction of sp³-hybridized carbons (Fsp3) is 0.316. The molecule has 2 aromatic rings. The lowest BCUT2D eigenvalue weighted by atomic mass is 10.2. The fourth-order valence-corrected chi connectivity index (χ4v) is 3.85. The first-order chi connectivity index (χ1) is 13.1. The van der Waals surface area contributed by atoms with Gasteiger partial charge in [0.2, 0.25) is 10.0 Å². The summed E-state index contributed by atoms with van der Waals surface area (Å²) >= 11 is 6.10. The first-order valence-electron chi connectivity index (χ1n) is 8.56. The largest absolute Gasteiger partial charge is 0.489 e. The molecule has 2 rings (SSSR count). The molecule has 0 saturated carbocycles. The SMILES string of the molecule is CC(C)NS(=O)(=O)c1ccc(Cl)c(C(=O)N(C)CCOc2ccccc2F)c1. The van der Waals surface area contributed by atoms with Gasteiger partial charge in [0, 0.05) is 13.1 Å². The number of nitrogens with one attached hydrogen (secondary N) is 1. The van der Waals surface area contributed by atoms with Crippen LogP contribution in [0.4, 0.5) is 4.39 Å². The van der Waals surface area contributed by atoms with E-state index in [2.05, 4.69) is 4.72 Å². The molecule has 0 heterocycles. The molecule has 0 aliphatic rings. The van der Waals surface area contributed by atoms with E-state index in [1.807, 2.05) is 0 Å². The third kappa shape index (κ3) is 5.67. The van der Waals surface area contributed by atoms with Gasteiger partial charge in [-0.05, 0) is 44.2 Å². The molecule has 0 radical (unpaired) electrons. The minimum atomic E-state index is -3.76. The van der Waals surface area contributed by atoms with Gasteiger partial charge in [0.25, 0.3) is 5.91 Å². The molecular formula is C19H22ClFN2O4S. The minimum Gasteiger partial charge on any atom is -0.489 e. The highest BCUT2D eigenvalue weighted by Gasteiger charge is 2.21. The van der Waals surface area contributed by atoms with E-state index in [-0.39, 0.29) is 40.4 Å². The van der Waals surface area contributed by atoms with Gasteiger partial charge < -0.3 is 9.64 Å². The van der Waals surface area contributed by atoms with Gasteiger partial charge in [-0.3, -0.25) is 4.79 Å². The quantitative estimate of drug-likeness (QED) is 0.699. The van der Waals surface area contributed by atoms with Crippen LogP contribution in [0.2, 0.25) is 5.02 Å². The molecule has 1 amide bonds. The Morgan fingerprint density at radius 3 is 2.57 bits per heavy atom. The van der Waals surface area contributed by atoms with Crippen LogP contribution >= 0.6 is 11.6 Å². The van der Waals surface area contributed by atoms with Gasteiger partial charge in [-0.2, -0.15) is 0 Å². The van der Waals surface area contributed by atoms with E-state index in [9.17, 15) is 17.6 Å². The van der Waals surface area contributed by atoms with Crippen molar-refractivity contribution in [1.29, 1.82) is 0 Å². The second-order valence-corrected chi connectivity index (χ2v) is 8.54. The van der Waals surface area contributed by atoms with Crippen LogP contribution in [0.15, 0.2) is 47.4 Å². The Morgan fingerprint density at radius 1 is 1.25 bits per heavy atom. The van der Waals surface area contributed by atoms with Crippen molar-refractivity contribution in [3.8, 4) is 5.75 Å². The number of ether oxygens (including phenoxy) is 1. The zero-order valence-corrected chi connectivity index (χ0v) is 17.3. The van der Waals surface area contributed by atoms with Crippen LogP contribution in [0.5, 0.6) is 5.75 Å². The summed E-state index contributed by atoms with van der Waals surface area (Å²) in [5, 5.41) is 0.135. The van der Waals surface area contributed by atoms with Gasteiger partial charge in [-0.1, -0.05) is 23.7 Å². The molecule has 0 fully saturated rings. The van der Waals surface area contributed by atoms with Gasteiger partial charge in [0.1, 0.15) is 6.61 Å². The summed E-state index contributed by atoms with van der Waals surface area (Å²) in [5.41, 5.74) is 0.0571. The Hall–Kier alpha value is -2.16. The fourth-order valence-electron chi connectivity index (χ4n) is 2.38. The van der Waals surface area contributed by atoms with Crippen molar-refractivity contribution in [2.75, 3.05) is 20.2 Å². The molecule has 6 nitrogen and oxygen atoms in total. The van der Waals surface area contributed by atoms with E-state index in [0.717, 1.165) is 0 Å². The van der Waals surface area contributed by atoms with Gasteiger partial charge in [-0.15, -0.1) is 0 Å². The Kier molecular flexibility index (Phi) is 7.40. The number of halogens is 2. The number of rotatable bonds is 8. The summed E-state index contributed by atoms with van der Waals surface area (Å²) < 4.78 is 46.0. The van der Waals surface area contributed by atoms with Crippen molar-refractivity contribution in [3.63, 3.8) is 0 Å². The number of hydrogen-bond donors (Lipinski definition) is 1. The summed E-state index contributed by atoms with van der Waals surface area (Å²) in [6.45, 7) is 3.62. The summed E-state index contributed by atoms with van der Waals surface area (Å²) in [4.78, 5) is 13.9. The van der Waals surface area contributed by atoms with Crippen molar-refractivity contribution in [3.05, 3.63) is 58.9 Å². The van der Waals surface area contributed by atoms with E-state index < -0.39 is 21.7 Å². The van der Waals surface area contributed by atoms with E-state index in [1.165, 1.54) is 42.3 Å². The molecule has 152 valence electrons. The summed E-state index contributed by atoms with van der Waals surface area (Å²) in [5.74, 6) is -0.868. The highest BCUT2D eigenvalue weighted by atomic mass is 35.5. The number of para-hydroxylation sites is 1. The third-order valence-electron chi connectivity index (χ3n) is 3.74. The molecular weight excluding hydrogens is 407 g/mol. The van der Waals surface area contributed by atoms with Crippen molar-refractivity contribution in [2.24, 2.45) is 0 Å². The average Bonchev–Trinajstić information content (AvgIpc) is 2.61. The minimum absolute atomic E-state index is 0.0510. The zero-order chi connectivity index (χ0) is 20.9. The van der Waals surface area contributed by atoms with Gasteiger partial charge in [0.05, 0.1) is 22.0 Å². The maximum Gasteiger partial charge on any atom is 0.255 e. The highest BCUT2D eigenvalue weighted by Crippen LogP contribution is 2.22. The molecule has 0 atom stereocenters. The van der Waals surface area contributed by atoms with Crippen molar-refractivity contribution >= 4 is 27.5 Å². The predicted molar refractivity (Wildman–Crippen MR) is 106 cm³/mol. The second-order valence-electron chi connectivity index (χ2n) is 6.42. The first kappa shape index (κ1) is 22.1. The standard InChI is InChI=1S/C19H22ClFN2O4S/c1-13(2)22-28(25,26)14-8-9-16(20)15(12-14)19(24)23(3)10-11-27-18-7-5-4-6-17(18)21/h4-9,12-13,22H,10-11H2,1-3H3. The van der Waals surface area contributed by atoms with Crippen LogP contribution in [0.3, 0.4) is 0 Å². The molecule has 0 spiro atoms. The topological polar surface area (TPSA) is 75.7 Å². The van der Waals surface area contributed by atoms with Gasteiger partial charge in [-0.25, -0.2) is 17.5 Å². The molecule has 0 saturated heterocycles. The molecule has 0 aliphatic carbocycles. The number of benzene rings is 2. The molecule has 0 unspecified atom stereocenters. The Morgan fingerprint density at radius 2 is 1.93 bits per heavy atom. The molecule has 0 aromatic heterocycles. The third-order valence-corrected chi connectivity index (χ3v) is 5.72. The number of amides is 1. The number of nitrogens with zero attached hydrogens (tertiary/aromatic N) is 1. The first-order valence-corrected chi connectivity index (χ1v) is 10.4. The van der Waals surface area contributed by atoms with Crippen LogP contribution in [0, 0.1) is 5.82 Å². The van der Waals surface area contributed by atoms with E-state index in [4.69, 9.17) is 16.3 Å². The number of likely N-dealkylation sites (N-methyl/N-ethyl adjacent to an activating group) is 1. The molecule has 0 bridgehead atoms. The van der Waals surface area contributed by atoms with Crippen LogP contribution < -0.4 is 9.46 Å². The lowest BCUT2D eigenvalue weighted by Gasteiger charge is -2.19. The predicted octanol–water partition coefficient (Wildman–Crippen LogP) is 3.32. The number of carbonyl (C=O) groups excluding carboxylic acids is 1. The lowest BCUT2D eigenvalue weighted by Crippen LogP contribution is -2.32. The second kappa shape index (κ2) is 9.36. The van der Waals surface area contributed by atoms with Crippen LogP contribution in [-0.4, -0.2) is 45.5 Å². The van der Waals surface area contributed by atoms with Crippen molar-refractivity contribution in [1.82, 2.24) is 9.62 Å². The molecule has 1 N–H and O–H groups in total. The number of hydrogen-bond acceptors (Lipinski definition) is 4. The summed E-state index contributed by atoms with van der Waals surface area (Å²) in [6, 6.07) is 9.62. The monoisotopic (exact) mass is 428 g/mol. The van der Waals surface area contributed by atoms with Crippen LogP contribution in [0.1, 0.15) is 24.2 Å². The van der Waals surface area contributed by atoms with Gasteiger partial charge >= 0.3 is 0 Å². The summed E-state index contributed by atoms with van der Waals surface area (Å²) in [6.07, 6.45) is 0. The van der Waals surface area contributed by atoms with Crippen molar-refractivity contribution < 1.29 is 22.3 Å². The van der Waals surface area contributed by atoms with Crippen LogP contribution in [0.25, 0.3) is 0 Å². The Balaban J connectivity index is 2.10. The zero-order valence-electron chi connectivity index (χ0n) is 15.8. The maximum atomic E-state index is 13.6. The smallest absolute Gasteiger partial charge is 0.255 e. The number of sulfonamides is 1. The van der Waals surface area contributed by atoms with E-state index >= 15 is 0 Å². The Bertz CT molecular complexity index is 951. The lowest BCUT2D eigenvalue weighted by molar-refractivity contribution is 0.0773. The molecule has 0 aliphatic heterocycles.